The Morgan fingerprint density at radius 1 is 1.08 bits per heavy atom. The monoisotopic (exact) mass is 515 g/mol. The zero-order valence-electron chi connectivity index (χ0n) is 19.9. The highest BCUT2D eigenvalue weighted by Crippen LogP contribution is 2.52. The number of nitrogens with zero attached hydrogens (tertiary/aromatic N) is 5. The van der Waals surface area contributed by atoms with Crippen LogP contribution in [0.4, 0.5) is 11.6 Å². The molecule has 36 heavy (non-hydrogen) atoms. The molecule has 5 heterocycles. The Bertz CT molecular complexity index is 1590. The Hall–Kier alpha value is -3.07. The molecule has 4 aromatic heterocycles. The predicted molar refractivity (Wildman–Crippen MR) is 145 cm³/mol. The summed E-state index contributed by atoms with van der Waals surface area (Å²) in [6.07, 6.45) is 7.04. The van der Waals surface area contributed by atoms with Crippen molar-refractivity contribution >= 4 is 51.8 Å². The second-order valence-corrected chi connectivity index (χ2v) is 11.3. The third-order valence-electron chi connectivity index (χ3n) is 8.01. The molecule has 1 spiro atoms. The fraction of sp³-hybridized carbons (Fsp3) is 0.296. The molecule has 7 nitrogen and oxygen atoms in total. The molecule has 1 saturated heterocycles. The number of imidazole rings is 2. The summed E-state index contributed by atoms with van der Waals surface area (Å²) in [6, 6.07) is 15.3. The first-order chi connectivity index (χ1) is 17.6. The number of pyridine rings is 2. The van der Waals surface area contributed by atoms with Crippen LogP contribution in [0.15, 0.2) is 64.6 Å². The van der Waals surface area contributed by atoms with Crippen molar-refractivity contribution in [3.63, 3.8) is 0 Å². The van der Waals surface area contributed by atoms with E-state index >= 15 is 0 Å². The number of nitrogens with two attached hydrogens (primary N) is 1. The predicted octanol–water partition coefficient (Wildman–Crippen LogP) is 5.21. The summed E-state index contributed by atoms with van der Waals surface area (Å²) in [5.41, 5.74) is 12.0. The minimum Gasteiger partial charge on any atom is -0.382 e. The van der Waals surface area contributed by atoms with Gasteiger partial charge in [0.15, 0.2) is 11.5 Å². The number of hydrogen-bond donors (Lipinski definition) is 2. The van der Waals surface area contributed by atoms with Crippen LogP contribution in [-0.2, 0) is 6.42 Å². The molecule has 1 aromatic carbocycles. The van der Waals surface area contributed by atoms with Gasteiger partial charge in [-0.3, -0.25) is 4.40 Å². The van der Waals surface area contributed by atoms with Gasteiger partial charge in [-0.15, -0.1) is 0 Å². The van der Waals surface area contributed by atoms with Gasteiger partial charge >= 0.3 is 0 Å². The van der Waals surface area contributed by atoms with Gasteiger partial charge in [0.05, 0.1) is 16.1 Å². The van der Waals surface area contributed by atoms with E-state index in [-0.39, 0.29) is 5.41 Å². The molecule has 9 heteroatoms. The lowest BCUT2D eigenvalue weighted by Crippen LogP contribution is -2.45. The number of nitrogen functional groups attached to an aromatic ring is 1. The fourth-order valence-electron chi connectivity index (χ4n) is 6.30. The van der Waals surface area contributed by atoms with Gasteiger partial charge in [0.25, 0.3) is 0 Å². The normalized spacial score (nSPS) is 19.1. The molecular weight excluding hydrogens is 490 g/mol. The second kappa shape index (κ2) is 8.23. The standard InChI is InChI=1S/C27H26ClN7S/c1-30-23-17-5-3-2-4-16(17)14-27(23)9-12-34(13-10-27)25-18-15-32-26-20(6-7-21(33-25)35(18)26)36-19-8-11-31-24(29)22(19)28/h2-8,11,15,23,30H,9-10,12-14H2,1H3,(H2,29,31)/t23-/m1/s1. The highest BCUT2D eigenvalue weighted by molar-refractivity contribution is 7.99. The lowest BCUT2D eigenvalue weighted by Gasteiger charge is -2.43. The van der Waals surface area contributed by atoms with Gasteiger partial charge in [0.1, 0.15) is 17.0 Å². The molecule has 3 N–H and O–H groups in total. The molecule has 7 rings (SSSR count). The molecule has 5 aromatic rings. The van der Waals surface area contributed by atoms with Crippen molar-refractivity contribution in [1.82, 2.24) is 24.7 Å². The van der Waals surface area contributed by atoms with Crippen molar-refractivity contribution in [3.8, 4) is 0 Å². The summed E-state index contributed by atoms with van der Waals surface area (Å²) >= 11 is 7.95. The van der Waals surface area contributed by atoms with Crippen LogP contribution in [-0.4, -0.2) is 39.5 Å². The molecule has 1 fully saturated rings. The molecule has 0 bridgehead atoms. The molecular formula is C27H26ClN7S. The van der Waals surface area contributed by atoms with Crippen molar-refractivity contribution < 1.29 is 0 Å². The zero-order chi connectivity index (χ0) is 24.4. The van der Waals surface area contributed by atoms with Crippen LogP contribution in [0.25, 0.3) is 16.8 Å². The largest absolute Gasteiger partial charge is 0.382 e. The molecule has 1 aliphatic heterocycles. The van der Waals surface area contributed by atoms with E-state index in [4.69, 9.17) is 27.3 Å². The van der Waals surface area contributed by atoms with Gasteiger partial charge in [-0.2, -0.15) is 0 Å². The van der Waals surface area contributed by atoms with E-state index in [2.05, 4.69) is 63.0 Å². The Morgan fingerprint density at radius 2 is 1.92 bits per heavy atom. The lowest BCUT2D eigenvalue weighted by molar-refractivity contribution is 0.167. The van der Waals surface area contributed by atoms with E-state index in [1.54, 1.807) is 18.0 Å². The van der Waals surface area contributed by atoms with Crippen LogP contribution in [0.2, 0.25) is 5.02 Å². The fourth-order valence-corrected chi connectivity index (χ4v) is 7.46. The first-order valence-corrected chi connectivity index (χ1v) is 13.4. The second-order valence-electron chi connectivity index (χ2n) is 9.85. The van der Waals surface area contributed by atoms with Gasteiger partial charge in [-0.05, 0) is 61.1 Å². The van der Waals surface area contributed by atoms with E-state index in [1.165, 1.54) is 11.1 Å². The van der Waals surface area contributed by atoms with Gasteiger partial charge in [-0.25, -0.2) is 15.0 Å². The van der Waals surface area contributed by atoms with E-state index in [9.17, 15) is 0 Å². The molecule has 1 atom stereocenters. The third-order valence-corrected chi connectivity index (χ3v) is 9.62. The minimum atomic E-state index is 0.267. The molecule has 0 amide bonds. The van der Waals surface area contributed by atoms with Gasteiger partial charge in [-0.1, -0.05) is 47.6 Å². The summed E-state index contributed by atoms with van der Waals surface area (Å²) in [4.78, 5) is 18.2. The number of rotatable bonds is 4. The van der Waals surface area contributed by atoms with Crippen molar-refractivity contribution in [2.75, 3.05) is 30.8 Å². The van der Waals surface area contributed by atoms with Crippen molar-refractivity contribution in [2.45, 2.75) is 35.1 Å². The topological polar surface area (TPSA) is 84.4 Å². The average molecular weight is 516 g/mol. The maximum atomic E-state index is 6.40. The van der Waals surface area contributed by atoms with E-state index in [0.29, 0.717) is 16.9 Å². The molecule has 182 valence electrons. The first kappa shape index (κ1) is 22.2. The van der Waals surface area contributed by atoms with Gasteiger partial charge < -0.3 is 16.0 Å². The quantitative estimate of drug-likeness (QED) is 0.340. The Kier molecular flexibility index (Phi) is 5.06. The highest BCUT2D eigenvalue weighted by Gasteiger charge is 2.47. The average Bonchev–Trinajstić information content (AvgIpc) is 3.57. The summed E-state index contributed by atoms with van der Waals surface area (Å²) < 4.78 is 2.16. The zero-order valence-corrected chi connectivity index (χ0v) is 21.5. The maximum absolute atomic E-state index is 6.40. The number of piperidine rings is 1. The van der Waals surface area contributed by atoms with Crippen LogP contribution in [0.5, 0.6) is 0 Å². The number of hydrogen-bond acceptors (Lipinski definition) is 7. The van der Waals surface area contributed by atoms with Crippen LogP contribution < -0.4 is 16.0 Å². The molecule has 2 aliphatic rings. The van der Waals surface area contributed by atoms with E-state index < -0.39 is 0 Å². The first-order valence-electron chi connectivity index (χ1n) is 12.3. The summed E-state index contributed by atoms with van der Waals surface area (Å²) in [7, 11) is 2.10. The third kappa shape index (κ3) is 3.21. The van der Waals surface area contributed by atoms with Crippen LogP contribution >= 0.6 is 23.4 Å². The molecule has 0 saturated carbocycles. The number of fused-ring (bicyclic) bond motifs is 1. The number of anilines is 2. The van der Waals surface area contributed by atoms with Crippen molar-refractivity contribution in [1.29, 1.82) is 0 Å². The summed E-state index contributed by atoms with van der Waals surface area (Å²) in [6.45, 7) is 1.97. The number of benzene rings is 1. The van der Waals surface area contributed by atoms with Gasteiger partial charge in [0, 0.05) is 30.2 Å². The van der Waals surface area contributed by atoms with Crippen LogP contribution in [0, 0.1) is 5.41 Å². The molecule has 0 unspecified atom stereocenters. The minimum absolute atomic E-state index is 0.267. The summed E-state index contributed by atoms with van der Waals surface area (Å²) in [5.74, 6) is 1.36. The number of aromatic nitrogens is 4. The van der Waals surface area contributed by atoms with E-state index in [0.717, 1.165) is 64.8 Å². The SMILES string of the molecule is CN[C@@H]1c2ccccc2CC12CCN(c1nc3ccc(Sc4ccnc(N)c4Cl)c4ncc1n34)CC2. The maximum Gasteiger partial charge on any atom is 0.157 e. The lowest BCUT2D eigenvalue weighted by atomic mass is 9.73. The van der Waals surface area contributed by atoms with Gasteiger partial charge in [0.2, 0.25) is 0 Å². The number of halogens is 1. The molecule has 0 radical (unpaired) electrons. The number of nitrogens with one attached hydrogen (secondary N) is 1. The van der Waals surface area contributed by atoms with Crippen molar-refractivity contribution in [3.05, 3.63) is 71.0 Å². The Balaban J connectivity index is 1.18. The Labute approximate surface area is 218 Å². The molecule has 1 aliphatic carbocycles. The highest BCUT2D eigenvalue weighted by atomic mass is 35.5. The Morgan fingerprint density at radius 3 is 2.75 bits per heavy atom. The van der Waals surface area contributed by atoms with E-state index in [1.807, 2.05) is 12.3 Å². The van der Waals surface area contributed by atoms with Crippen LogP contribution in [0.1, 0.15) is 30.0 Å². The summed E-state index contributed by atoms with van der Waals surface area (Å²) in [5, 5.41) is 4.11. The van der Waals surface area contributed by atoms with Crippen molar-refractivity contribution in [2.24, 2.45) is 5.41 Å². The smallest absolute Gasteiger partial charge is 0.157 e. The van der Waals surface area contributed by atoms with Crippen LogP contribution in [0.3, 0.4) is 0 Å².